The maximum atomic E-state index is 11.7. The van der Waals surface area contributed by atoms with Crippen LogP contribution in [-0.2, 0) is 16.1 Å². The highest BCUT2D eigenvalue weighted by Crippen LogP contribution is 2.15. The lowest BCUT2D eigenvalue weighted by atomic mass is 10.2. The second-order valence-electron chi connectivity index (χ2n) is 4.95. The normalized spacial score (nSPS) is 11.2. The van der Waals surface area contributed by atoms with Crippen molar-refractivity contribution in [3.8, 4) is 0 Å². The van der Waals surface area contributed by atoms with E-state index in [9.17, 15) is 4.79 Å². The van der Waals surface area contributed by atoms with E-state index in [0.717, 1.165) is 6.54 Å². The number of guanidine groups is 1. The average molecular weight is 338 g/mol. The van der Waals surface area contributed by atoms with Crippen LogP contribution in [0.4, 0.5) is 0 Å². The molecule has 1 rings (SSSR count). The van der Waals surface area contributed by atoms with Gasteiger partial charge in [0.1, 0.15) is 0 Å². The molecule has 0 aliphatic rings. The Kier molecular flexibility index (Phi) is 9.16. The molecule has 128 valence electrons. The van der Waals surface area contributed by atoms with Gasteiger partial charge in [-0.05, 0) is 24.0 Å². The van der Waals surface area contributed by atoms with Gasteiger partial charge in [0.15, 0.2) is 5.96 Å². The van der Waals surface area contributed by atoms with Crippen molar-refractivity contribution in [1.82, 2.24) is 15.5 Å². The van der Waals surface area contributed by atoms with Crippen LogP contribution in [0.3, 0.4) is 0 Å². The lowest BCUT2D eigenvalue weighted by Crippen LogP contribution is -2.44. The third-order valence-corrected chi connectivity index (χ3v) is 3.93. The first-order valence-corrected chi connectivity index (χ1v) is 8.63. The molecule has 2 N–H and O–H groups in total. The van der Waals surface area contributed by atoms with E-state index in [-0.39, 0.29) is 12.5 Å². The highest BCUT2D eigenvalue weighted by atomic mass is 32.2. The van der Waals surface area contributed by atoms with Gasteiger partial charge in [-0.15, -0.1) is 11.8 Å². The molecule has 0 aliphatic heterocycles. The summed E-state index contributed by atoms with van der Waals surface area (Å²) >= 11 is 1.72. The van der Waals surface area contributed by atoms with Crippen LogP contribution in [0.2, 0.25) is 0 Å². The van der Waals surface area contributed by atoms with Gasteiger partial charge in [-0.1, -0.05) is 12.1 Å². The van der Waals surface area contributed by atoms with Crippen LogP contribution in [0, 0.1) is 0 Å². The number of hydrogen-bond donors (Lipinski definition) is 2. The topological polar surface area (TPSA) is 66.0 Å². The van der Waals surface area contributed by atoms with E-state index in [1.165, 1.54) is 10.5 Å². The maximum Gasteiger partial charge on any atom is 0.239 e. The summed E-state index contributed by atoms with van der Waals surface area (Å²) in [5.41, 5.74) is 1.19. The second-order valence-corrected chi connectivity index (χ2v) is 5.83. The predicted molar refractivity (Wildman–Crippen MR) is 95.9 cm³/mol. The van der Waals surface area contributed by atoms with Crippen molar-refractivity contribution in [2.45, 2.75) is 11.4 Å². The molecule has 1 amide bonds. The van der Waals surface area contributed by atoms with E-state index in [4.69, 9.17) is 4.74 Å². The van der Waals surface area contributed by atoms with Crippen molar-refractivity contribution < 1.29 is 9.53 Å². The van der Waals surface area contributed by atoms with Crippen LogP contribution in [-0.4, -0.2) is 63.9 Å². The lowest BCUT2D eigenvalue weighted by molar-refractivity contribution is -0.120. The van der Waals surface area contributed by atoms with E-state index in [0.29, 0.717) is 19.1 Å². The number of carbonyl (C=O) groups is 1. The van der Waals surface area contributed by atoms with Crippen molar-refractivity contribution in [3.05, 3.63) is 29.8 Å². The number of nitrogens with one attached hydrogen (secondary N) is 2. The Hall–Kier alpha value is -1.73. The smallest absolute Gasteiger partial charge is 0.239 e. The minimum Gasteiger partial charge on any atom is -0.383 e. The number of rotatable bonds is 8. The van der Waals surface area contributed by atoms with Gasteiger partial charge in [-0.3, -0.25) is 9.79 Å². The number of ether oxygens (including phenoxy) is 1. The maximum absolute atomic E-state index is 11.7. The minimum atomic E-state index is -0.0825. The molecule has 1 aromatic rings. The van der Waals surface area contributed by atoms with Gasteiger partial charge in [0.25, 0.3) is 0 Å². The number of hydrogen-bond acceptors (Lipinski definition) is 4. The molecule has 6 nitrogen and oxygen atoms in total. The van der Waals surface area contributed by atoms with Gasteiger partial charge in [0, 0.05) is 39.2 Å². The van der Waals surface area contributed by atoms with Crippen LogP contribution in [0.5, 0.6) is 0 Å². The van der Waals surface area contributed by atoms with Crippen LogP contribution >= 0.6 is 11.8 Å². The zero-order chi connectivity index (χ0) is 17.1. The number of nitrogens with zero attached hydrogens (tertiary/aromatic N) is 2. The third kappa shape index (κ3) is 7.38. The summed E-state index contributed by atoms with van der Waals surface area (Å²) in [5, 5.41) is 5.82. The summed E-state index contributed by atoms with van der Waals surface area (Å²) in [6.45, 7) is 1.92. The molecule has 0 bridgehead atoms. The fraction of sp³-hybridized carbons (Fsp3) is 0.500. The van der Waals surface area contributed by atoms with Crippen LogP contribution < -0.4 is 10.6 Å². The minimum absolute atomic E-state index is 0.0825. The molecule has 0 spiro atoms. The van der Waals surface area contributed by atoms with Crippen LogP contribution in [0.1, 0.15) is 5.56 Å². The zero-order valence-corrected chi connectivity index (χ0v) is 15.1. The van der Waals surface area contributed by atoms with Gasteiger partial charge in [-0.25, -0.2) is 0 Å². The summed E-state index contributed by atoms with van der Waals surface area (Å²) in [6.07, 6.45) is 2.06. The first-order chi connectivity index (χ1) is 11.1. The summed E-state index contributed by atoms with van der Waals surface area (Å²) in [4.78, 5) is 19.1. The number of aliphatic imine (C=N–C) groups is 1. The molecule has 23 heavy (non-hydrogen) atoms. The first-order valence-electron chi connectivity index (χ1n) is 7.41. The molecule has 0 aromatic heterocycles. The van der Waals surface area contributed by atoms with Crippen molar-refractivity contribution in [3.63, 3.8) is 0 Å². The fourth-order valence-corrected chi connectivity index (χ4v) is 2.39. The summed E-state index contributed by atoms with van der Waals surface area (Å²) in [7, 11) is 5.26. The number of amides is 1. The molecule has 0 saturated heterocycles. The fourth-order valence-electron chi connectivity index (χ4n) is 1.98. The van der Waals surface area contributed by atoms with Gasteiger partial charge < -0.3 is 20.3 Å². The van der Waals surface area contributed by atoms with Gasteiger partial charge in [0.05, 0.1) is 13.2 Å². The highest BCUT2D eigenvalue weighted by molar-refractivity contribution is 7.98. The molecule has 0 heterocycles. The molecule has 0 fully saturated rings. The van der Waals surface area contributed by atoms with Crippen molar-refractivity contribution in [2.75, 3.05) is 47.2 Å². The SMILES string of the molecule is CN=C(NCC(=O)NCCOC)N(C)Cc1ccc(SC)cc1. The van der Waals surface area contributed by atoms with Crippen molar-refractivity contribution in [1.29, 1.82) is 0 Å². The molecule has 7 heteroatoms. The molecule has 0 unspecified atom stereocenters. The molecular weight excluding hydrogens is 312 g/mol. The van der Waals surface area contributed by atoms with Crippen LogP contribution in [0.15, 0.2) is 34.2 Å². The van der Waals surface area contributed by atoms with E-state index in [1.54, 1.807) is 25.9 Å². The Balaban J connectivity index is 2.45. The van der Waals surface area contributed by atoms with Crippen molar-refractivity contribution >= 4 is 23.6 Å². The summed E-state index contributed by atoms with van der Waals surface area (Å²) in [5.74, 6) is 0.599. The Morgan fingerprint density at radius 2 is 2.00 bits per heavy atom. The first kappa shape index (κ1) is 19.3. The monoisotopic (exact) mass is 338 g/mol. The molecule has 0 aliphatic carbocycles. The van der Waals surface area contributed by atoms with E-state index in [1.807, 2.05) is 11.9 Å². The number of benzene rings is 1. The lowest BCUT2D eigenvalue weighted by Gasteiger charge is -2.22. The Bertz CT molecular complexity index is 505. The predicted octanol–water partition coefficient (Wildman–Crippen LogP) is 1.18. The third-order valence-electron chi connectivity index (χ3n) is 3.19. The van der Waals surface area contributed by atoms with Crippen molar-refractivity contribution in [2.24, 2.45) is 4.99 Å². The molecular formula is C16H26N4O2S. The Labute approximate surface area is 142 Å². The average Bonchev–Trinajstić information content (AvgIpc) is 2.56. The molecule has 0 radical (unpaired) electrons. The number of thioether (sulfide) groups is 1. The van der Waals surface area contributed by atoms with E-state index in [2.05, 4.69) is 46.1 Å². The Morgan fingerprint density at radius 3 is 2.57 bits per heavy atom. The molecule has 1 aromatic carbocycles. The quantitative estimate of drug-likeness (QED) is 0.322. The van der Waals surface area contributed by atoms with Crippen LogP contribution in [0.25, 0.3) is 0 Å². The molecule has 0 saturated carbocycles. The van der Waals surface area contributed by atoms with Gasteiger partial charge in [-0.2, -0.15) is 0 Å². The summed E-state index contributed by atoms with van der Waals surface area (Å²) < 4.78 is 4.89. The zero-order valence-electron chi connectivity index (χ0n) is 14.3. The standard InChI is InChI=1S/C16H26N4O2S/c1-17-16(19-11-15(21)18-9-10-22-3)20(2)12-13-5-7-14(23-4)8-6-13/h5-8H,9-12H2,1-4H3,(H,17,19)(H,18,21). The highest BCUT2D eigenvalue weighted by Gasteiger charge is 2.08. The van der Waals surface area contributed by atoms with Gasteiger partial charge >= 0.3 is 0 Å². The number of carbonyl (C=O) groups excluding carboxylic acids is 1. The second kappa shape index (κ2) is 10.9. The molecule has 0 atom stereocenters. The largest absolute Gasteiger partial charge is 0.383 e. The Morgan fingerprint density at radius 1 is 1.30 bits per heavy atom. The summed E-state index contributed by atoms with van der Waals surface area (Å²) in [6, 6.07) is 8.42. The number of methoxy groups -OCH3 is 1. The van der Waals surface area contributed by atoms with E-state index >= 15 is 0 Å². The van der Waals surface area contributed by atoms with Gasteiger partial charge in [0.2, 0.25) is 5.91 Å². The van der Waals surface area contributed by atoms with E-state index < -0.39 is 0 Å².